The van der Waals surface area contributed by atoms with Gasteiger partial charge in [0.05, 0.1) is 29.3 Å². The number of nitrogens with zero attached hydrogens (tertiary/aromatic N) is 2. The van der Waals surface area contributed by atoms with Gasteiger partial charge in [0.25, 0.3) is 0 Å². The number of anilines is 2. The van der Waals surface area contributed by atoms with E-state index in [0.29, 0.717) is 18.0 Å². The lowest BCUT2D eigenvalue weighted by Gasteiger charge is -2.11. The van der Waals surface area contributed by atoms with Crippen LogP contribution in [-0.2, 0) is 11.4 Å². The Morgan fingerprint density at radius 1 is 1.00 bits per heavy atom. The van der Waals surface area contributed by atoms with Crippen LogP contribution in [0, 0.1) is 19.7 Å². The first kappa shape index (κ1) is 22.1. The molecule has 1 amide bonds. The van der Waals surface area contributed by atoms with E-state index in [-0.39, 0.29) is 18.3 Å². The molecule has 0 bridgehead atoms. The van der Waals surface area contributed by atoms with Gasteiger partial charge in [-0.15, -0.1) is 0 Å². The Morgan fingerprint density at radius 2 is 1.76 bits per heavy atom. The Bertz CT molecular complexity index is 1240. The van der Waals surface area contributed by atoms with Crippen LogP contribution in [0.2, 0.25) is 0 Å². The van der Waals surface area contributed by atoms with E-state index in [0.717, 1.165) is 28.3 Å². The summed E-state index contributed by atoms with van der Waals surface area (Å²) in [4.78, 5) is 12.6. The summed E-state index contributed by atoms with van der Waals surface area (Å²) in [6.07, 6.45) is 0. The third-order valence-corrected chi connectivity index (χ3v) is 5.16. The Hall–Kier alpha value is -4.13. The summed E-state index contributed by atoms with van der Waals surface area (Å²) in [5.41, 5.74) is 4.89. The fourth-order valence-corrected chi connectivity index (χ4v) is 3.45. The highest BCUT2D eigenvalue weighted by Gasteiger charge is 2.15. The standard InChI is InChI=1S/C26H25FN4O2/c1-18-26(19(2)31(30-18)23-8-4-3-5-9-23)29-25(32)16-28-22-7-6-10-24(15-22)33-17-20-11-13-21(27)14-12-20/h3-15,28H,16-17H2,1-2H3,(H,29,32). The van der Waals surface area contributed by atoms with Gasteiger partial charge in [-0.1, -0.05) is 36.4 Å². The third kappa shape index (κ3) is 5.57. The maximum atomic E-state index is 13.0. The van der Waals surface area contributed by atoms with Crippen LogP contribution >= 0.6 is 0 Å². The maximum absolute atomic E-state index is 13.0. The topological polar surface area (TPSA) is 68.2 Å². The van der Waals surface area contributed by atoms with Gasteiger partial charge in [-0.25, -0.2) is 9.07 Å². The molecule has 0 spiro atoms. The summed E-state index contributed by atoms with van der Waals surface area (Å²) in [7, 11) is 0. The molecule has 0 saturated heterocycles. The Balaban J connectivity index is 1.34. The van der Waals surface area contributed by atoms with Crippen molar-refractivity contribution in [1.82, 2.24) is 9.78 Å². The molecule has 0 aliphatic carbocycles. The summed E-state index contributed by atoms with van der Waals surface area (Å²) < 4.78 is 20.6. The maximum Gasteiger partial charge on any atom is 0.243 e. The van der Waals surface area contributed by atoms with E-state index >= 15 is 0 Å². The summed E-state index contributed by atoms with van der Waals surface area (Å²) >= 11 is 0. The molecule has 0 saturated carbocycles. The number of benzene rings is 3. The number of hydrogen-bond acceptors (Lipinski definition) is 4. The van der Waals surface area contributed by atoms with Crippen molar-refractivity contribution in [1.29, 1.82) is 0 Å². The molecule has 168 valence electrons. The smallest absolute Gasteiger partial charge is 0.243 e. The van der Waals surface area contributed by atoms with Crippen molar-refractivity contribution in [2.45, 2.75) is 20.5 Å². The van der Waals surface area contributed by atoms with Gasteiger partial charge in [0.2, 0.25) is 5.91 Å². The third-order valence-electron chi connectivity index (χ3n) is 5.16. The van der Waals surface area contributed by atoms with E-state index in [4.69, 9.17) is 4.74 Å². The fourth-order valence-electron chi connectivity index (χ4n) is 3.45. The number of carbonyl (C=O) groups excluding carboxylic acids is 1. The van der Waals surface area contributed by atoms with E-state index in [9.17, 15) is 9.18 Å². The summed E-state index contributed by atoms with van der Waals surface area (Å²) in [6.45, 7) is 4.22. The van der Waals surface area contributed by atoms with Crippen molar-refractivity contribution >= 4 is 17.3 Å². The van der Waals surface area contributed by atoms with Crippen LogP contribution in [0.25, 0.3) is 5.69 Å². The molecule has 4 aromatic rings. The second kappa shape index (κ2) is 9.99. The Morgan fingerprint density at radius 3 is 2.52 bits per heavy atom. The van der Waals surface area contributed by atoms with Gasteiger partial charge in [-0.05, 0) is 55.8 Å². The highest BCUT2D eigenvalue weighted by molar-refractivity contribution is 5.94. The van der Waals surface area contributed by atoms with E-state index in [1.54, 1.807) is 12.1 Å². The summed E-state index contributed by atoms with van der Waals surface area (Å²) in [5, 5.41) is 10.6. The van der Waals surface area contributed by atoms with Crippen molar-refractivity contribution in [3.05, 3.63) is 102 Å². The first-order valence-electron chi connectivity index (χ1n) is 10.6. The molecule has 0 fully saturated rings. The van der Waals surface area contributed by atoms with Crippen LogP contribution in [0.5, 0.6) is 5.75 Å². The Kier molecular flexibility index (Phi) is 6.69. The number of para-hydroxylation sites is 1. The lowest BCUT2D eigenvalue weighted by molar-refractivity contribution is -0.114. The van der Waals surface area contributed by atoms with Gasteiger partial charge in [0.15, 0.2) is 0 Å². The van der Waals surface area contributed by atoms with Crippen molar-refractivity contribution < 1.29 is 13.9 Å². The summed E-state index contributed by atoms with van der Waals surface area (Å²) in [5.74, 6) is 0.202. The molecule has 0 unspecified atom stereocenters. The zero-order chi connectivity index (χ0) is 23.2. The predicted octanol–water partition coefficient (Wildman–Crippen LogP) is 5.26. The first-order valence-corrected chi connectivity index (χ1v) is 10.6. The van der Waals surface area contributed by atoms with Gasteiger partial charge < -0.3 is 15.4 Å². The molecule has 6 nitrogen and oxygen atoms in total. The molecule has 4 rings (SSSR count). The number of aromatic nitrogens is 2. The van der Waals surface area contributed by atoms with Crippen LogP contribution in [0.4, 0.5) is 15.8 Å². The molecule has 3 aromatic carbocycles. The minimum atomic E-state index is -0.277. The molecule has 0 atom stereocenters. The van der Waals surface area contributed by atoms with E-state index in [1.807, 2.05) is 73.1 Å². The van der Waals surface area contributed by atoms with Crippen molar-refractivity contribution in [3.8, 4) is 11.4 Å². The molecular formula is C26H25FN4O2. The monoisotopic (exact) mass is 444 g/mol. The lowest BCUT2D eigenvalue weighted by atomic mass is 10.2. The van der Waals surface area contributed by atoms with Crippen LogP contribution in [0.1, 0.15) is 17.0 Å². The molecular weight excluding hydrogens is 419 g/mol. The second-order valence-corrected chi connectivity index (χ2v) is 7.64. The largest absolute Gasteiger partial charge is 0.489 e. The minimum absolute atomic E-state index is 0.0941. The number of ether oxygens (including phenoxy) is 1. The minimum Gasteiger partial charge on any atom is -0.489 e. The highest BCUT2D eigenvalue weighted by atomic mass is 19.1. The average molecular weight is 445 g/mol. The number of hydrogen-bond donors (Lipinski definition) is 2. The fraction of sp³-hybridized carbons (Fsp3) is 0.154. The van der Waals surface area contributed by atoms with E-state index < -0.39 is 0 Å². The molecule has 33 heavy (non-hydrogen) atoms. The van der Waals surface area contributed by atoms with Gasteiger partial charge in [0.1, 0.15) is 18.2 Å². The number of carbonyl (C=O) groups is 1. The van der Waals surface area contributed by atoms with Gasteiger partial charge >= 0.3 is 0 Å². The summed E-state index contributed by atoms with van der Waals surface area (Å²) in [6, 6.07) is 23.3. The second-order valence-electron chi connectivity index (χ2n) is 7.64. The van der Waals surface area contributed by atoms with Gasteiger partial charge in [-0.3, -0.25) is 4.79 Å². The molecule has 1 heterocycles. The number of nitrogens with one attached hydrogen (secondary N) is 2. The molecule has 0 aliphatic rings. The van der Waals surface area contributed by atoms with Crippen molar-refractivity contribution in [3.63, 3.8) is 0 Å². The average Bonchev–Trinajstić information content (AvgIpc) is 3.11. The van der Waals surface area contributed by atoms with Crippen LogP contribution in [-0.4, -0.2) is 22.2 Å². The van der Waals surface area contributed by atoms with Crippen LogP contribution in [0.15, 0.2) is 78.9 Å². The number of amides is 1. The normalized spacial score (nSPS) is 10.6. The lowest BCUT2D eigenvalue weighted by Crippen LogP contribution is -2.22. The van der Waals surface area contributed by atoms with E-state index in [2.05, 4.69) is 15.7 Å². The van der Waals surface area contributed by atoms with E-state index in [1.165, 1.54) is 12.1 Å². The quantitative estimate of drug-likeness (QED) is 0.389. The van der Waals surface area contributed by atoms with Crippen molar-refractivity contribution in [2.24, 2.45) is 0 Å². The highest BCUT2D eigenvalue weighted by Crippen LogP contribution is 2.23. The van der Waals surface area contributed by atoms with Crippen LogP contribution < -0.4 is 15.4 Å². The molecule has 2 N–H and O–H groups in total. The molecule has 7 heteroatoms. The van der Waals surface area contributed by atoms with Gasteiger partial charge in [0, 0.05) is 11.8 Å². The number of halogens is 1. The molecule has 0 radical (unpaired) electrons. The number of rotatable bonds is 8. The zero-order valence-corrected chi connectivity index (χ0v) is 18.5. The SMILES string of the molecule is Cc1nn(-c2ccccc2)c(C)c1NC(=O)CNc1cccc(OCc2ccc(F)cc2)c1. The zero-order valence-electron chi connectivity index (χ0n) is 18.5. The Labute approximate surface area is 192 Å². The van der Waals surface area contributed by atoms with Crippen LogP contribution in [0.3, 0.4) is 0 Å². The molecule has 1 aromatic heterocycles. The number of aryl methyl sites for hydroxylation is 1. The van der Waals surface area contributed by atoms with Gasteiger partial charge in [-0.2, -0.15) is 5.10 Å². The first-order chi connectivity index (χ1) is 16.0. The molecule has 0 aliphatic heterocycles. The predicted molar refractivity (Wildman–Crippen MR) is 127 cm³/mol. The van der Waals surface area contributed by atoms with Crippen molar-refractivity contribution in [2.75, 3.05) is 17.2 Å².